The molecule has 0 rings (SSSR count). The normalized spacial score (nSPS) is 14.8. The molecule has 0 fully saturated rings. The van der Waals surface area contributed by atoms with Crippen molar-refractivity contribution >= 4 is 23.3 Å². The van der Waals surface area contributed by atoms with E-state index in [1.807, 2.05) is 39.6 Å². The molecule has 0 heterocycles. The number of nitrogens with one attached hydrogen (secondary N) is 1. The van der Waals surface area contributed by atoms with Crippen LogP contribution in [0.2, 0.25) is 0 Å². The van der Waals surface area contributed by atoms with E-state index in [1.54, 1.807) is 6.92 Å². The number of Topliss-reactive ketones (excluding diaryl/α,β-unsaturated/α-hetero) is 2. The highest BCUT2D eigenvalue weighted by atomic mass is 32.2. The summed E-state index contributed by atoms with van der Waals surface area (Å²) in [4.78, 5) is 24.0. The minimum atomic E-state index is -0.209. The lowest BCUT2D eigenvalue weighted by atomic mass is 9.74. The second-order valence-electron chi connectivity index (χ2n) is 14.2. The summed E-state index contributed by atoms with van der Waals surface area (Å²) in [7, 11) is 1.98. The lowest BCUT2D eigenvalue weighted by molar-refractivity contribution is -0.131. The number of thioether (sulfide) groups is 1. The van der Waals surface area contributed by atoms with Crippen LogP contribution in [-0.4, -0.2) is 35.7 Å². The van der Waals surface area contributed by atoms with Crippen molar-refractivity contribution in [1.29, 1.82) is 0 Å². The fourth-order valence-electron chi connectivity index (χ4n) is 3.78. The molecule has 4 heteroatoms. The van der Waals surface area contributed by atoms with Crippen LogP contribution in [0.25, 0.3) is 0 Å². The van der Waals surface area contributed by atoms with Gasteiger partial charge in [0.25, 0.3) is 0 Å². The smallest absolute Gasteiger partial charge is 0.141 e. The van der Waals surface area contributed by atoms with Crippen LogP contribution in [0.4, 0.5) is 0 Å². The summed E-state index contributed by atoms with van der Waals surface area (Å²) in [6.45, 7) is 28.8. The van der Waals surface area contributed by atoms with Crippen molar-refractivity contribution < 1.29 is 9.59 Å². The highest BCUT2D eigenvalue weighted by Crippen LogP contribution is 2.33. The van der Waals surface area contributed by atoms with Crippen LogP contribution >= 0.6 is 11.8 Å². The monoisotopic (exact) mass is 485 g/mol. The summed E-state index contributed by atoms with van der Waals surface area (Å²) >= 11 is 1.89. The van der Waals surface area contributed by atoms with Gasteiger partial charge < -0.3 is 5.32 Å². The van der Waals surface area contributed by atoms with Gasteiger partial charge in [-0.25, -0.2) is 0 Å². The molecule has 0 saturated carbocycles. The van der Waals surface area contributed by atoms with Gasteiger partial charge in [-0.05, 0) is 57.0 Å². The third-order valence-electron chi connectivity index (χ3n) is 5.35. The molecule has 3 nitrogen and oxygen atoms in total. The first kappa shape index (κ1) is 34.8. The topological polar surface area (TPSA) is 46.2 Å². The van der Waals surface area contributed by atoms with Gasteiger partial charge in [0.15, 0.2) is 0 Å². The maximum atomic E-state index is 12.5. The van der Waals surface area contributed by atoms with Crippen molar-refractivity contribution in [2.45, 2.75) is 127 Å². The van der Waals surface area contributed by atoms with Crippen LogP contribution in [0.1, 0.15) is 122 Å². The number of unbranched alkanes of at least 4 members (excludes halogenated alkanes) is 1. The quantitative estimate of drug-likeness (QED) is 0.299. The highest BCUT2D eigenvalue weighted by molar-refractivity contribution is 8.00. The Morgan fingerprint density at radius 2 is 1.21 bits per heavy atom. The fraction of sp³-hybridized carbons (Fsp3) is 0.931. The molecule has 0 aromatic heterocycles. The maximum absolute atomic E-state index is 12.5. The predicted octanol–water partition coefficient (Wildman–Crippen LogP) is 8.20. The van der Waals surface area contributed by atoms with Gasteiger partial charge >= 0.3 is 0 Å². The van der Waals surface area contributed by atoms with Gasteiger partial charge in [-0.15, -0.1) is 0 Å². The Balaban J connectivity index is 0. The lowest BCUT2D eigenvalue weighted by Crippen LogP contribution is -2.31. The second-order valence-corrected chi connectivity index (χ2v) is 16.0. The van der Waals surface area contributed by atoms with Crippen molar-refractivity contribution in [3.63, 3.8) is 0 Å². The SMILES string of the molecule is CC(=O)[C@H](CSC(C)(C)C)CC(C)(C)C.CNCCCC[C@H](CC(C)(C)C)C(=O)C(C)(C)C. The fourth-order valence-corrected chi connectivity index (χ4v) is 4.83. The molecule has 0 amide bonds. The number of hydrogen-bond acceptors (Lipinski definition) is 4. The van der Waals surface area contributed by atoms with E-state index in [-0.39, 0.29) is 32.8 Å². The number of carbonyl (C=O) groups excluding carboxylic acids is 2. The molecule has 33 heavy (non-hydrogen) atoms. The van der Waals surface area contributed by atoms with Gasteiger partial charge in [0, 0.05) is 27.8 Å². The molecule has 2 atom stereocenters. The minimum Gasteiger partial charge on any atom is -0.320 e. The van der Waals surface area contributed by atoms with Crippen molar-refractivity contribution in [1.82, 2.24) is 5.32 Å². The zero-order valence-corrected chi connectivity index (χ0v) is 25.6. The second kappa shape index (κ2) is 14.9. The number of carbonyl (C=O) groups is 2. The summed E-state index contributed by atoms with van der Waals surface area (Å²) in [6.07, 6.45) is 5.33. The van der Waals surface area contributed by atoms with Gasteiger partial charge in [0.05, 0.1) is 0 Å². The Labute approximate surface area is 212 Å². The molecular weight excluding hydrogens is 426 g/mol. The van der Waals surface area contributed by atoms with E-state index in [1.165, 1.54) is 0 Å². The standard InChI is InChI=1S/C16H33NO.C13H26OS/c1-15(2,3)12-13(10-8-9-11-17-7)14(18)16(4,5)6;1-10(14)11(8-12(2,3)4)9-15-13(5,6)7/h13,17H,8-12H2,1-7H3;11H,8-9H2,1-7H3/t13-;11-/m10/s1. The third kappa shape index (κ3) is 21.9. The predicted molar refractivity (Wildman–Crippen MR) is 150 cm³/mol. The van der Waals surface area contributed by atoms with Crippen LogP contribution in [0, 0.1) is 28.1 Å². The first-order valence-corrected chi connectivity index (χ1v) is 13.9. The third-order valence-corrected chi connectivity index (χ3v) is 6.78. The molecule has 0 bridgehead atoms. The lowest BCUT2D eigenvalue weighted by Gasteiger charge is -2.30. The molecule has 0 aliphatic rings. The van der Waals surface area contributed by atoms with E-state index in [4.69, 9.17) is 0 Å². The molecule has 0 aromatic carbocycles. The van der Waals surface area contributed by atoms with Crippen LogP contribution in [0.5, 0.6) is 0 Å². The van der Waals surface area contributed by atoms with E-state index in [2.05, 4.69) is 67.6 Å². The summed E-state index contributed by atoms with van der Waals surface area (Å²) < 4.78 is 0.256. The van der Waals surface area contributed by atoms with Crippen molar-refractivity contribution in [3.8, 4) is 0 Å². The van der Waals surface area contributed by atoms with Gasteiger partial charge in [0.1, 0.15) is 11.6 Å². The Morgan fingerprint density at radius 1 is 0.758 bits per heavy atom. The van der Waals surface area contributed by atoms with E-state index in [0.717, 1.165) is 44.4 Å². The first-order valence-electron chi connectivity index (χ1n) is 12.9. The highest BCUT2D eigenvalue weighted by Gasteiger charge is 2.31. The van der Waals surface area contributed by atoms with Gasteiger partial charge in [-0.2, -0.15) is 11.8 Å². The Bertz CT molecular complexity index is 556. The molecule has 0 aliphatic heterocycles. The van der Waals surface area contributed by atoms with Gasteiger partial charge in [-0.1, -0.05) is 89.5 Å². The molecule has 0 aromatic rings. The Hall–Kier alpha value is -0.350. The van der Waals surface area contributed by atoms with E-state index in [9.17, 15) is 9.59 Å². The van der Waals surface area contributed by atoms with Crippen LogP contribution < -0.4 is 5.32 Å². The summed E-state index contributed by atoms with van der Waals surface area (Å²) in [5.41, 5.74) is 0.266. The summed E-state index contributed by atoms with van der Waals surface area (Å²) in [5.74, 6) is 2.16. The minimum absolute atomic E-state index is 0.209. The maximum Gasteiger partial charge on any atom is 0.141 e. The Kier molecular flexibility index (Phi) is 15.7. The number of ketones is 2. The molecule has 0 radical (unpaired) electrons. The molecule has 0 saturated heterocycles. The van der Waals surface area contributed by atoms with Crippen molar-refractivity contribution in [2.24, 2.45) is 28.1 Å². The first-order chi connectivity index (χ1) is 14.6. The zero-order chi connectivity index (χ0) is 26.7. The molecule has 198 valence electrons. The largest absolute Gasteiger partial charge is 0.320 e. The zero-order valence-electron chi connectivity index (χ0n) is 24.8. The molecule has 1 N–H and O–H groups in total. The van der Waals surface area contributed by atoms with E-state index in [0.29, 0.717) is 11.6 Å². The average Bonchev–Trinajstić information content (AvgIpc) is 2.57. The van der Waals surface area contributed by atoms with Gasteiger partial charge in [0.2, 0.25) is 0 Å². The Morgan fingerprint density at radius 3 is 1.55 bits per heavy atom. The van der Waals surface area contributed by atoms with E-state index >= 15 is 0 Å². The van der Waals surface area contributed by atoms with Crippen LogP contribution in [0.3, 0.4) is 0 Å². The summed E-state index contributed by atoms with van der Waals surface area (Å²) in [6, 6.07) is 0. The molecule has 0 aliphatic carbocycles. The van der Waals surface area contributed by atoms with Crippen LogP contribution in [-0.2, 0) is 9.59 Å². The summed E-state index contributed by atoms with van der Waals surface area (Å²) in [5, 5.41) is 3.16. The number of hydrogen-bond donors (Lipinski definition) is 1. The van der Waals surface area contributed by atoms with E-state index < -0.39 is 0 Å². The molecule has 0 spiro atoms. The number of rotatable bonds is 11. The molecular formula is C29H59NO2S. The average molecular weight is 486 g/mol. The van der Waals surface area contributed by atoms with Gasteiger partial charge in [-0.3, -0.25) is 9.59 Å². The molecule has 0 unspecified atom stereocenters. The van der Waals surface area contributed by atoms with Crippen molar-refractivity contribution in [3.05, 3.63) is 0 Å². The van der Waals surface area contributed by atoms with Crippen molar-refractivity contribution in [2.75, 3.05) is 19.3 Å². The van der Waals surface area contributed by atoms with Crippen LogP contribution in [0.15, 0.2) is 0 Å².